The second-order valence-electron chi connectivity index (χ2n) is 5.14. The first-order valence-electron chi connectivity index (χ1n) is 7.55. The first-order valence-corrected chi connectivity index (χ1v) is 8.74. The van der Waals surface area contributed by atoms with Crippen LogP contribution in [0.5, 0.6) is 5.75 Å². The number of rotatable bonds is 6. The average molecular weight is 397 g/mol. The SMILES string of the molecule is CCOC(=O)c1c(NC(=O)c2cc(Cl)ccc2OC)sc(C(N)=O)c1C. The number of hydrogen-bond acceptors (Lipinski definition) is 6. The summed E-state index contributed by atoms with van der Waals surface area (Å²) < 4.78 is 10.2. The van der Waals surface area contributed by atoms with Crippen molar-refractivity contribution in [1.29, 1.82) is 0 Å². The number of hydrogen-bond donors (Lipinski definition) is 2. The Kier molecular flexibility index (Phi) is 6.23. The van der Waals surface area contributed by atoms with E-state index in [0.29, 0.717) is 16.3 Å². The fourth-order valence-corrected chi connectivity index (χ4v) is 3.53. The highest BCUT2D eigenvalue weighted by Crippen LogP contribution is 2.34. The molecule has 0 aliphatic carbocycles. The molecule has 0 atom stereocenters. The number of esters is 1. The molecule has 0 spiro atoms. The van der Waals surface area contributed by atoms with Crippen LogP contribution in [0.15, 0.2) is 18.2 Å². The molecule has 0 aliphatic rings. The van der Waals surface area contributed by atoms with E-state index >= 15 is 0 Å². The van der Waals surface area contributed by atoms with Gasteiger partial charge in [0.25, 0.3) is 11.8 Å². The Bertz CT molecular complexity index is 878. The summed E-state index contributed by atoms with van der Waals surface area (Å²) in [5.41, 5.74) is 5.98. The molecule has 0 saturated heterocycles. The van der Waals surface area contributed by atoms with E-state index in [-0.39, 0.29) is 27.6 Å². The van der Waals surface area contributed by atoms with Gasteiger partial charge in [0.1, 0.15) is 10.8 Å². The Morgan fingerprint density at radius 2 is 2.00 bits per heavy atom. The van der Waals surface area contributed by atoms with Crippen LogP contribution in [0.3, 0.4) is 0 Å². The lowest BCUT2D eigenvalue weighted by Crippen LogP contribution is -2.16. The second-order valence-corrected chi connectivity index (χ2v) is 6.60. The number of primary amides is 1. The van der Waals surface area contributed by atoms with Gasteiger partial charge in [-0.05, 0) is 37.6 Å². The van der Waals surface area contributed by atoms with E-state index in [1.54, 1.807) is 26.0 Å². The van der Waals surface area contributed by atoms with Crippen LogP contribution in [0.25, 0.3) is 0 Å². The number of halogens is 1. The largest absolute Gasteiger partial charge is 0.496 e. The summed E-state index contributed by atoms with van der Waals surface area (Å²) in [5.74, 6) is -1.58. The summed E-state index contributed by atoms with van der Waals surface area (Å²) >= 11 is 6.85. The van der Waals surface area contributed by atoms with Crippen LogP contribution < -0.4 is 15.8 Å². The van der Waals surface area contributed by atoms with Gasteiger partial charge in [-0.15, -0.1) is 11.3 Å². The summed E-state index contributed by atoms with van der Waals surface area (Å²) in [6.45, 7) is 3.37. The van der Waals surface area contributed by atoms with Crippen molar-refractivity contribution in [2.75, 3.05) is 19.0 Å². The highest BCUT2D eigenvalue weighted by atomic mass is 35.5. The van der Waals surface area contributed by atoms with Gasteiger partial charge in [0.15, 0.2) is 0 Å². The Morgan fingerprint density at radius 1 is 1.31 bits per heavy atom. The number of carbonyl (C=O) groups excluding carboxylic acids is 3. The van der Waals surface area contributed by atoms with E-state index in [9.17, 15) is 14.4 Å². The van der Waals surface area contributed by atoms with Gasteiger partial charge < -0.3 is 20.5 Å². The van der Waals surface area contributed by atoms with Crippen molar-refractivity contribution < 1.29 is 23.9 Å². The molecule has 9 heteroatoms. The van der Waals surface area contributed by atoms with E-state index in [1.165, 1.54) is 13.2 Å². The van der Waals surface area contributed by atoms with E-state index in [4.69, 9.17) is 26.8 Å². The van der Waals surface area contributed by atoms with Crippen LogP contribution >= 0.6 is 22.9 Å². The molecule has 0 radical (unpaired) electrons. The zero-order chi connectivity index (χ0) is 19.4. The van der Waals surface area contributed by atoms with E-state index in [2.05, 4.69) is 5.32 Å². The quantitative estimate of drug-likeness (QED) is 0.728. The van der Waals surface area contributed by atoms with Crippen LogP contribution in [-0.4, -0.2) is 31.5 Å². The molecule has 0 saturated carbocycles. The molecule has 7 nitrogen and oxygen atoms in total. The molecule has 1 heterocycles. The Labute approximate surface area is 159 Å². The fourth-order valence-electron chi connectivity index (χ4n) is 2.31. The fraction of sp³-hybridized carbons (Fsp3) is 0.235. The normalized spacial score (nSPS) is 10.3. The van der Waals surface area contributed by atoms with E-state index in [0.717, 1.165) is 11.3 Å². The zero-order valence-electron chi connectivity index (χ0n) is 14.3. The molecule has 3 N–H and O–H groups in total. The maximum Gasteiger partial charge on any atom is 0.341 e. The van der Waals surface area contributed by atoms with E-state index in [1.807, 2.05) is 0 Å². The van der Waals surface area contributed by atoms with Crippen molar-refractivity contribution in [3.63, 3.8) is 0 Å². The van der Waals surface area contributed by atoms with Crippen molar-refractivity contribution in [3.05, 3.63) is 44.8 Å². The van der Waals surface area contributed by atoms with Crippen molar-refractivity contribution in [2.45, 2.75) is 13.8 Å². The first kappa shape index (κ1) is 19.7. The molecule has 0 aliphatic heterocycles. The number of benzene rings is 1. The number of amides is 2. The number of thiophene rings is 1. The third-order valence-electron chi connectivity index (χ3n) is 3.48. The highest BCUT2D eigenvalue weighted by Gasteiger charge is 2.26. The number of carbonyl (C=O) groups is 3. The maximum atomic E-state index is 12.7. The molecule has 2 amide bonds. The predicted molar refractivity (Wildman–Crippen MR) is 99.5 cm³/mol. The second kappa shape index (κ2) is 8.20. The predicted octanol–water partition coefficient (Wildman–Crippen LogP) is 3.25. The summed E-state index contributed by atoms with van der Waals surface area (Å²) in [5, 5.41) is 3.13. The standard InChI is InChI=1S/C17H17ClN2O5S/c1-4-25-17(23)12-8(2)13(14(19)21)26-16(12)20-15(22)10-7-9(18)5-6-11(10)24-3/h5-7H,4H2,1-3H3,(H2,19,21)(H,20,22). The van der Waals surface area contributed by atoms with Gasteiger partial charge in [-0.25, -0.2) is 4.79 Å². The smallest absolute Gasteiger partial charge is 0.341 e. The first-order chi connectivity index (χ1) is 12.3. The molecule has 0 fully saturated rings. The van der Waals surface area contributed by atoms with Crippen molar-refractivity contribution in [1.82, 2.24) is 0 Å². The monoisotopic (exact) mass is 396 g/mol. The molecule has 26 heavy (non-hydrogen) atoms. The van der Waals surface area contributed by atoms with Crippen LogP contribution in [-0.2, 0) is 4.74 Å². The molecule has 0 unspecified atom stereocenters. The van der Waals surface area contributed by atoms with E-state index < -0.39 is 17.8 Å². The zero-order valence-corrected chi connectivity index (χ0v) is 15.9. The molecule has 1 aromatic heterocycles. The maximum absolute atomic E-state index is 12.7. The molecular formula is C17H17ClN2O5S. The summed E-state index contributed by atoms with van der Waals surface area (Å²) in [4.78, 5) is 36.7. The van der Waals surface area contributed by atoms with Crippen LogP contribution in [0.1, 0.15) is 42.9 Å². The van der Waals surface area contributed by atoms with Gasteiger partial charge in [-0.3, -0.25) is 9.59 Å². The number of methoxy groups -OCH3 is 1. The van der Waals surface area contributed by atoms with Crippen molar-refractivity contribution in [2.24, 2.45) is 5.73 Å². The van der Waals surface area contributed by atoms with Gasteiger partial charge >= 0.3 is 5.97 Å². The van der Waals surface area contributed by atoms with Gasteiger partial charge in [0.2, 0.25) is 0 Å². The van der Waals surface area contributed by atoms with Crippen LogP contribution in [0.4, 0.5) is 5.00 Å². The number of nitrogens with one attached hydrogen (secondary N) is 1. The third-order valence-corrected chi connectivity index (χ3v) is 4.94. The molecule has 2 rings (SSSR count). The minimum atomic E-state index is -0.695. The average Bonchev–Trinajstić information content (AvgIpc) is 2.91. The lowest BCUT2D eigenvalue weighted by Gasteiger charge is -2.10. The molecule has 138 valence electrons. The van der Waals surface area contributed by atoms with Crippen LogP contribution in [0, 0.1) is 6.92 Å². The minimum Gasteiger partial charge on any atom is -0.496 e. The Morgan fingerprint density at radius 3 is 2.58 bits per heavy atom. The lowest BCUT2D eigenvalue weighted by molar-refractivity contribution is 0.0527. The molecule has 0 bridgehead atoms. The summed E-state index contributed by atoms with van der Waals surface area (Å²) in [6, 6.07) is 4.58. The van der Waals surface area contributed by atoms with Crippen molar-refractivity contribution in [3.8, 4) is 5.75 Å². The van der Waals surface area contributed by atoms with Gasteiger partial charge in [-0.1, -0.05) is 11.6 Å². The molecule has 2 aromatic rings. The topological polar surface area (TPSA) is 108 Å². The van der Waals surface area contributed by atoms with Gasteiger partial charge in [0, 0.05) is 5.02 Å². The van der Waals surface area contributed by atoms with Crippen molar-refractivity contribution >= 4 is 45.7 Å². The Balaban J connectivity index is 2.47. The Hall–Kier alpha value is -2.58. The highest BCUT2D eigenvalue weighted by molar-refractivity contribution is 7.18. The lowest BCUT2D eigenvalue weighted by atomic mass is 10.1. The summed E-state index contributed by atoms with van der Waals surface area (Å²) in [6.07, 6.45) is 0. The number of anilines is 1. The van der Waals surface area contributed by atoms with Gasteiger partial charge in [0.05, 0.1) is 29.7 Å². The van der Waals surface area contributed by atoms with Gasteiger partial charge in [-0.2, -0.15) is 0 Å². The summed E-state index contributed by atoms with van der Waals surface area (Å²) in [7, 11) is 1.42. The number of nitrogens with two attached hydrogens (primary N) is 1. The molecular weight excluding hydrogens is 380 g/mol. The number of ether oxygens (including phenoxy) is 2. The van der Waals surface area contributed by atoms with Crippen LogP contribution in [0.2, 0.25) is 5.02 Å². The minimum absolute atomic E-state index is 0.0972. The molecule has 1 aromatic carbocycles. The third kappa shape index (κ3) is 3.97.